The third-order valence-corrected chi connectivity index (χ3v) is 5.58. The maximum Gasteiger partial charge on any atom is 0.234 e. The van der Waals surface area contributed by atoms with Crippen LogP contribution in [0.25, 0.3) is 11.4 Å². The maximum atomic E-state index is 9.50. The summed E-state index contributed by atoms with van der Waals surface area (Å²) in [5, 5.41) is 17.4. The Morgan fingerprint density at radius 2 is 2.23 bits per heavy atom. The van der Waals surface area contributed by atoms with Crippen molar-refractivity contribution in [2.45, 2.75) is 64.5 Å². The first-order valence-corrected chi connectivity index (χ1v) is 10.8. The number of hydrogen-bond acceptors (Lipinski definition) is 6. The number of nitrogens with one attached hydrogen (secondary N) is 1. The van der Waals surface area contributed by atoms with Gasteiger partial charge < -0.3 is 14.6 Å². The van der Waals surface area contributed by atoms with Gasteiger partial charge in [-0.1, -0.05) is 36.4 Å². The molecule has 0 saturated carbocycles. The summed E-state index contributed by atoms with van der Waals surface area (Å²) < 4.78 is 11.4. The van der Waals surface area contributed by atoms with Crippen LogP contribution >= 0.6 is 0 Å². The van der Waals surface area contributed by atoms with Crippen LogP contribution in [-0.2, 0) is 11.2 Å². The molecule has 2 unspecified atom stereocenters. The molecule has 2 atom stereocenters. The second-order valence-corrected chi connectivity index (χ2v) is 8.14. The molecule has 1 N–H and O–H groups in total. The quantitative estimate of drug-likeness (QED) is 0.701. The molecule has 0 saturated heterocycles. The Kier molecular flexibility index (Phi) is 6.01. The molecule has 0 spiro atoms. The number of allylic oxidation sites excluding steroid dienone is 3. The van der Waals surface area contributed by atoms with E-state index in [1.807, 2.05) is 26.0 Å². The Morgan fingerprint density at radius 3 is 3.00 bits per heavy atom. The monoisotopic (exact) mass is 404 g/mol. The molecule has 6 heteroatoms. The molecule has 6 nitrogen and oxygen atoms in total. The van der Waals surface area contributed by atoms with Gasteiger partial charge in [-0.3, -0.25) is 0 Å². The molecular weight excluding hydrogens is 376 g/mol. The molecule has 0 amide bonds. The average molecular weight is 405 g/mol. The highest BCUT2D eigenvalue weighted by Gasteiger charge is 2.28. The normalized spacial score (nSPS) is 20.5. The van der Waals surface area contributed by atoms with Gasteiger partial charge in [0.05, 0.1) is 17.6 Å². The predicted octanol–water partition coefficient (Wildman–Crippen LogP) is 4.97. The fourth-order valence-electron chi connectivity index (χ4n) is 4.21. The number of fused-ring (bicyclic) bond motifs is 1. The molecule has 0 radical (unpaired) electrons. The van der Waals surface area contributed by atoms with E-state index in [9.17, 15) is 5.26 Å². The van der Waals surface area contributed by atoms with Gasteiger partial charge in [-0.05, 0) is 63.3 Å². The molecule has 1 heterocycles. The topological polar surface area (TPSA) is 84.0 Å². The van der Waals surface area contributed by atoms with Crippen LogP contribution in [-0.4, -0.2) is 22.8 Å². The molecule has 1 aromatic heterocycles. The van der Waals surface area contributed by atoms with Gasteiger partial charge >= 0.3 is 0 Å². The highest BCUT2D eigenvalue weighted by atomic mass is 16.5. The number of aromatic nitrogens is 2. The van der Waals surface area contributed by atoms with E-state index >= 15 is 0 Å². The Hall–Kier alpha value is -2.91. The molecule has 2 aliphatic rings. The summed E-state index contributed by atoms with van der Waals surface area (Å²) >= 11 is 0. The summed E-state index contributed by atoms with van der Waals surface area (Å²) in [7, 11) is 0. The van der Waals surface area contributed by atoms with E-state index in [1.54, 1.807) is 0 Å². The van der Waals surface area contributed by atoms with E-state index in [1.165, 1.54) is 11.1 Å². The maximum absolute atomic E-state index is 9.50. The van der Waals surface area contributed by atoms with Gasteiger partial charge in [0.25, 0.3) is 0 Å². The summed E-state index contributed by atoms with van der Waals surface area (Å²) in [4.78, 5) is 4.70. The van der Waals surface area contributed by atoms with Crippen molar-refractivity contribution in [3.05, 3.63) is 58.7 Å². The van der Waals surface area contributed by atoms with Gasteiger partial charge in [-0.25, -0.2) is 0 Å². The van der Waals surface area contributed by atoms with Crippen molar-refractivity contribution in [2.75, 3.05) is 6.54 Å². The molecule has 1 aromatic carbocycles. The number of benzene rings is 1. The summed E-state index contributed by atoms with van der Waals surface area (Å²) in [5.74, 6) is 1.68. The molecule has 2 aliphatic carbocycles. The Balaban J connectivity index is 1.57. The van der Waals surface area contributed by atoms with Gasteiger partial charge in [0.2, 0.25) is 11.7 Å². The van der Waals surface area contributed by atoms with Crippen molar-refractivity contribution in [1.29, 1.82) is 5.26 Å². The van der Waals surface area contributed by atoms with E-state index in [0.717, 1.165) is 31.4 Å². The van der Waals surface area contributed by atoms with Crippen LogP contribution in [0, 0.1) is 11.3 Å². The lowest BCUT2D eigenvalue weighted by atomic mass is 9.95. The zero-order valence-electron chi connectivity index (χ0n) is 17.8. The summed E-state index contributed by atoms with van der Waals surface area (Å²) in [6.45, 7) is 7.11. The van der Waals surface area contributed by atoms with Crippen LogP contribution in [0.4, 0.5) is 0 Å². The van der Waals surface area contributed by atoms with E-state index in [0.29, 0.717) is 35.5 Å². The number of rotatable bonds is 7. The SMILES string of the molecule is CCCNC1CCc2c(-c3noc(C4C=C(C#N)C(OC(C)C)=CC4)n3)cccc21. The molecule has 0 bridgehead atoms. The fourth-order valence-corrected chi connectivity index (χ4v) is 4.21. The van der Waals surface area contributed by atoms with Crippen molar-refractivity contribution in [3.63, 3.8) is 0 Å². The van der Waals surface area contributed by atoms with Crippen molar-refractivity contribution in [3.8, 4) is 17.5 Å². The smallest absolute Gasteiger partial charge is 0.234 e. The van der Waals surface area contributed by atoms with Crippen molar-refractivity contribution in [1.82, 2.24) is 15.5 Å². The highest BCUT2D eigenvalue weighted by Crippen LogP contribution is 2.38. The van der Waals surface area contributed by atoms with Crippen LogP contribution in [0.5, 0.6) is 0 Å². The van der Waals surface area contributed by atoms with E-state index in [-0.39, 0.29) is 12.0 Å². The number of nitrogens with zero attached hydrogens (tertiary/aromatic N) is 3. The lowest BCUT2D eigenvalue weighted by molar-refractivity contribution is 0.153. The van der Waals surface area contributed by atoms with E-state index < -0.39 is 0 Å². The van der Waals surface area contributed by atoms with Gasteiger partial charge in [0.15, 0.2) is 0 Å². The first-order valence-electron chi connectivity index (χ1n) is 10.8. The standard InChI is InChI=1S/C24H28N4O2/c1-4-12-26-21-10-9-18-19(21)6-5-7-20(18)23-27-24(30-28-23)16-8-11-22(29-15(2)3)17(13-16)14-25/h5-7,11,13,15-16,21,26H,4,8-10,12H2,1-3H3. The largest absolute Gasteiger partial charge is 0.490 e. The van der Waals surface area contributed by atoms with Gasteiger partial charge in [0.1, 0.15) is 11.8 Å². The lowest BCUT2D eigenvalue weighted by Gasteiger charge is -2.18. The minimum absolute atomic E-state index is 0.0235. The summed E-state index contributed by atoms with van der Waals surface area (Å²) in [5.41, 5.74) is 4.21. The lowest BCUT2D eigenvalue weighted by Crippen LogP contribution is -2.19. The van der Waals surface area contributed by atoms with Gasteiger partial charge in [-0.2, -0.15) is 10.2 Å². The number of ether oxygens (including phenoxy) is 1. The zero-order valence-corrected chi connectivity index (χ0v) is 17.8. The van der Waals surface area contributed by atoms with E-state index in [4.69, 9.17) is 14.2 Å². The first kappa shape index (κ1) is 20.4. The fraction of sp³-hybridized carbons (Fsp3) is 0.458. The third-order valence-electron chi connectivity index (χ3n) is 5.58. The van der Waals surface area contributed by atoms with Crippen molar-refractivity contribution >= 4 is 0 Å². The Labute approximate surface area is 177 Å². The second-order valence-electron chi connectivity index (χ2n) is 8.14. The van der Waals surface area contributed by atoms with Crippen molar-refractivity contribution < 1.29 is 9.26 Å². The zero-order chi connectivity index (χ0) is 21.1. The second kappa shape index (κ2) is 8.85. The van der Waals surface area contributed by atoms with Crippen LogP contribution in [0.1, 0.15) is 69.0 Å². The number of nitriles is 1. The first-order chi connectivity index (χ1) is 14.6. The summed E-state index contributed by atoms with van der Waals surface area (Å²) in [6.07, 6.45) is 7.74. The minimum Gasteiger partial charge on any atom is -0.490 e. The average Bonchev–Trinajstić information content (AvgIpc) is 3.39. The molecule has 30 heavy (non-hydrogen) atoms. The van der Waals surface area contributed by atoms with Crippen LogP contribution in [0.15, 0.2) is 46.2 Å². The third kappa shape index (κ3) is 4.03. The van der Waals surface area contributed by atoms with Crippen LogP contribution in [0.2, 0.25) is 0 Å². The molecule has 156 valence electrons. The van der Waals surface area contributed by atoms with Crippen LogP contribution < -0.4 is 5.32 Å². The van der Waals surface area contributed by atoms with Gasteiger partial charge in [0, 0.05) is 11.6 Å². The Bertz CT molecular complexity index is 1010. The Morgan fingerprint density at radius 1 is 1.37 bits per heavy atom. The molecule has 0 fully saturated rings. The van der Waals surface area contributed by atoms with Crippen molar-refractivity contribution in [2.24, 2.45) is 0 Å². The molecule has 2 aromatic rings. The molecule has 0 aliphatic heterocycles. The molecular formula is C24H28N4O2. The number of hydrogen-bond donors (Lipinski definition) is 1. The molecule has 4 rings (SSSR count). The van der Waals surface area contributed by atoms with E-state index in [2.05, 4.69) is 41.7 Å². The summed E-state index contributed by atoms with van der Waals surface area (Å²) in [6, 6.07) is 8.96. The highest BCUT2D eigenvalue weighted by molar-refractivity contribution is 5.64. The van der Waals surface area contributed by atoms with Gasteiger partial charge in [-0.15, -0.1) is 0 Å². The predicted molar refractivity (Wildman–Crippen MR) is 114 cm³/mol. The minimum atomic E-state index is -0.115. The van der Waals surface area contributed by atoms with Crippen LogP contribution in [0.3, 0.4) is 0 Å².